The number of halogens is 4. The predicted octanol–water partition coefficient (Wildman–Crippen LogP) is 5.53. The van der Waals surface area contributed by atoms with E-state index in [1.165, 1.54) is 6.07 Å². The second kappa shape index (κ2) is 11.1. The molecule has 1 heterocycles. The number of hydrogen-bond acceptors (Lipinski definition) is 4. The standard InChI is InChI=1S/C24H23ClF3N3O3S/c1-35(33,34)31(22-9-6-19(25)16-21(22)24(26,27)28)14-2-3-23(32)30-20-7-4-17(5-8-20)15-18-10-12-29-13-11-18/h4-13,16H,2-3,14-15H2,1H3,(H,30,32). The van der Waals surface area contributed by atoms with Gasteiger partial charge in [-0.15, -0.1) is 0 Å². The van der Waals surface area contributed by atoms with Crippen LogP contribution in [0, 0.1) is 0 Å². The lowest BCUT2D eigenvalue weighted by molar-refractivity contribution is -0.137. The van der Waals surface area contributed by atoms with E-state index in [1.807, 2.05) is 24.3 Å². The number of rotatable bonds is 9. The molecule has 0 aliphatic heterocycles. The molecule has 0 aliphatic rings. The SMILES string of the molecule is CS(=O)(=O)N(CCCC(=O)Nc1ccc(Cc2ccncc2)cc1)c1ccc(Cl)cc1C(F)(F)F. The number of hydrogen-bond donors (Lipinski definition) is 1. The molecule has 186 valence electrons. The summed E-state index contributed by atoms with van der Waals surface area (Å²) >= 11 is 5.69. The number of carbonyl (C=O) groups is 1. The number of nitrogens with zero attached hydrogens (tertiary/aromatic N) is 2. The number of carbonyl (C=O) groups excluding carboxylic acids is 1. The van der Waals surface area contributed by atoms with Gasteiger partial charge in [-0.05, 0) is 66.4 Å². The Morgan fingerprint density at radius 2 is 1.66 bits per heavy atom. The minimum Gasteiger partial charge on any atom is -0.326 e. The number of nitrogens with one attached hydrogen (secondary N) is 1. The Bertz CT molecular complexity index is 1270. The number of pyridine rings is 1. The molecule has 0 saturated carbocycles. The summed E-state index contributed by atoms with van der Waals surface area (Å²) in [4.78, 5) is 16.3. The topological polar surface area (TPSA) is 79.4 Å². The van der Waals surface area contributed by atoms with Crippen molar-refractivity contribution in [1.82, 2.24) is 4.98 Å². The van der Waals surface area contributed by atoms with Gasteiger partial charge in [0, 0.05) is 36.1 Å². The van der Waals surface area contributed by atoms with Crippen LogP contribution >= 0.6 is 11.6 Å². The molecule has 0 bridgehead atoms. The summed E-state index contributed by atoms with van der Waals surface area (Å²) in [5, 5.41) is 2.55. The van der Waals surface area contributed by atoms with Crippen molar-refractivity contribution in [3.05, 3.63) is 88.7 Å². The van der Waals surface area contributed by atoms with Crippen molar-refractivity contribution in [2.45, 2.75) is 25.4 Å². The van der Waals surface area contributed by atoms with E-state index in [0.717, 1.165) is 23.4 Å². The second-order valence-corrected chi connectivity index (χ2v) is 10.2. The first kappa shape index (κ1) is 26.5. The monoisotopic (exact) mass is 525 g/mol. The van der Waals surface area contributed by atoms with Crippen LogP contribution in [-0.4, -0.2) is 32.1 Å². The van der Waals surface area contributed by atoms with Gasteiger partial charge in [0.25, 0.3) is 0 Å². The van der Waals surface area contributed by atoms with Crippen LogP contribution in [0.4, 0.5) is 24.5 Å². The third-order valence-electron chi connectivity index (χ3n) is 5.09. The molecule has 1 amide bonds. The highest BCUT2D eigenvalue weighted by atomic mass is 35.5. The van der Waals surface area contributed by atoms with E-state index < -0.39 is 27.5 Å². The number of alkyl halides is 3. The van der Waals surface area contributed by atoms with E-state index in [0.29, 0.717) is 22.5 Å². The van der Waals surface area contributed by atoms with Crippen LogP contribution in [0.5, 0.6) is 0 Å². The molecule has 1 N–H and O–H groups in total. The lowest BCUT2D eigenvalue weighted by Gasteiger charge is -2.25. The highest BCUT2D eigenvalue weighted by Gasteiger charge is 2.36. The van der Waals surface area contributed by atoms with Crippen molar-refractivity contribution < 1.29 is 26.4 Å². The minimum absolute atomic E-state index is 0.0129. The molecule has 0 fully saturated rings. The van der Waals surface area contributed by atoms with Crippen LogP contribution in [0.25, 0.3) is 0 Å². The lowest BCUT2D eigenvalue weighted by atomic mass is 10.1. The molecule has 6 nitrogen and oxygen atoms in total. The summed E-state index contributed by atoms with van der Waals surface area (Å²) in [5.41, 5.74) is 1.01. The fourth-order valence-electron chi connectivity index (χ4n) is 3.47. The summed E-state index contributed by atoms with van der Waals surface area (Å²) in [5.74, 6) is -0.382. The predicted molar refractivity (Wildman–Crippen MR) is 130 cm³/mol. The first-order valence-electron chi connectivity index (χ1n) is 10.6. The Kier molecular flexibility index (Phi) is 8.39. The van der Waals surface area contributed by atoms with E-state index in [-0.39, 0.29) is 30.3 Å². The molecule has 2 aromatic carbocycles. The molecule has 3 aromatic rings. The van der Waals surface area contributed by atoms with E-state index in [2.05, 4.69) is 10.3 Å². The normalized spacial score (nSPS) is 11.8. The summed E-state index contributed by atoms with van der Waals surface area (Å²) in [7, 11) is -4.05. The van der Waals surface area contributed by atoms with Gasteiger partial charge in [-0.3, -0.25) is 14.1 Å². The molecule has 0 aliphatic carbocycles. The molecule has 11 heteroatoms. The van der Waals surface area contributed by atoms with Crippen LogP contribution in [0.15, 0.2) is 67.0 Å². The van der Waals surface area contributed by atoms with E-state index in [1.54, 1.807) is 24.5 Å². The zero-order chi connectivity index (χ0) is 25.6. The van der Waals surface area contributed by atoms with E-state index >= 15 is 0 Å². The Morgan fingerprint density at radius 1 is 1.03 bits per heavy atom. The molecule has 0 saturated heterocycles. The molecule has 0 unspecified atom stereocenters. The quantitative estimate of drug-likeness (QED) is 0.398. The van der Waals surface area contributed by atoms with Crippen molar-refractivity contribution in [3.63, 3.8) is 0 Å². The number of aromatic nitrogens is 1. The van der Waals surface area contributed by atoms with Gasteiger partial charge in [0.15, 0.2) is 0 Å². The largest absolute Gasteiger partial charge is 0.418 e. The van der Waals surface area contributed by atoms with Gasteiger partial charge in [-0.1, -0.05) is 23.7 Å². The molecule has 35 heavy (non-hydrogen) atoms. The molecular formula is C24H23ClF3N3O3S. The van der Waals surface area contributed by atoms with Crippen molar-refractivity contribution in [2.75, 3.05) is 22.4 Å². The van der Waals surface area contributed by atoms with Crippen molar-refractivity contribution >= 4 is 38.9 Å². The van der Waals surface area contributed by atoms with Crippen LogP contribution in [0.1, 0.15) is 29.5 Å². The maximum absolute atomic E-state index is 13.5. The molecule has 1 aromatic heterocycles. The maximum Gasteiger partial charge on any atom is 0.418 e. The first-order chi connectivity index (χ1) is 16.4. The number of sulfonamides is 1. The van der Waals surface area contributed by atoms with E-state index in [9.17, 15) is 26.4 Å². The first-order valence-corrected chi connectivity index (χ1v) is 12.8. The minimum atomic E-state index is -4.80. The van der Waals surface area contributed by atoms with Gasteiger partial charge >= 0.3 is 6.18 Å². The molecule has 0 atom stereocenters. The van der Waals surface area contributed by atoms with Gasteiger partial charge < -0.3 is 5.32 Å². The van der Waals surface area contributed by atoms with Crippen LogP contribution in [-0.2, 0) is 27.4 Å². The molecule has 3 rings (SSSR count). The van der Waals surface area contributed by atoms with Crippen molar-refractivity contribution in [3.8, 4) is 0 Å². The van der Waals surface area contributed by atoms with Gasteiger partial charge in [0.2, 0.25) is 15.9 Å². The van der Waals surface area contributed by atoms with Gasteiger partial charge in [-0.25, -0.2) is 8.42 Å². The summed E-state index contributed by atoms with van der Waals surface area (Å²) in [6.07, 6.45) is 0.0816. The number of benzene rings is 2. The molecule has 0 radical (unpaired) electrons. The van der Waals surface area contributed by atoms with E-state index in [4.69, 9.17) is 11.6 Å². The van der Waals surface area contributed by atoms with Gasteiger partial charge in [0.1, 0.15) is 0 Å². The maximum atomic E-state index is 13.5. The fourth-order valence-corrected chi connectivity index (χ4v) is 4.62. The highest BCUT2D eigenvalue weighted by Crippen LogP contribution is 2.39. The van der Waals surface area contributed by atoms with Crippen molar-refractivity contribution in [2.24, 2.45) is 0 Å². The van der Waals surface area contributed by atoms with Crippen LogP contribution in [0.3, 0.4) is 0 Å². The fraction of sp³-hybridized carbons (Fsp3) is 0.250. The third kappa shape index (κ3) is 7.69. The van der Waals surface area contributed by atoms with Crippen LogP contribution < -0.4 is 9.62 Å². The van der Waals surface area contributed by atoms with Crippen LogP contribution in [0.2, 0.25) is 5.02 Å². The molecular weight excluding hydrogens is 503 g/mol. The summed E-state index contributed by atoms with van der Waals surface area (Å²) < 4.78 is 65.6. The summed E-state index contributed by atoms with van der Waals surface area (Å²) in [6.45, 7) is -0.304. The average molecular weight is 526 g/mol. The van der Waals surface area contributed by atoms with Crippen molar-refractivity contribution in [1.29, 1.82) is 0 Å². The molecule has 0 spiro atoms. The summed E-state index contributed by atoms with van der Waals surface area (Å²) in [6, 6.07) is 14.0. The number of anilines is 2. The third-order valence-corrected chi connectivity index (χ3v) is 6.51. The zero-order valence-corrected chi connectivity index (χ0v) is 20.3. The second-order valence-electron chi connectivity index (χ2n) is 7.88. The zero-order valence-electron chi connectivity index (χ0n) is 18.7. The number of amides is 1. The average Bonchev–Trinajstić information content (AvgIpc) is 2.78. The Balaban J connectivity index is 1.61. The smallest absolute Gasteiger partial charge is 0.326 e. The lowest BCUT2D eigenvalue weighted by Crippen LogP contribution is -2.33. The van der Waals surface area contributed by atoms with Gasteiger partial charge in [-0.2, -0.15) is 13.2 Å². The highest BCUT2D eigenvalue weighted by molar-refractivity contribution is 7.92. The Labute approximate surface area is 206 Å². The van der Waals surface area contributed by atoms with Gasteiger partial charge in [0.05, 0.1) is 17.5 Å². The Morgan fingerprint density at radius 3 is 2.26 bits per heavy atom. The Hall–Kier alpha value is -3.11.